The van der Waals surface area contributed by atoms with Crippen molar-refractivity contribution in [2.24, 2.45) is 4.99 Å². The van der Waals surface area contributed by atoms with Crippen LogP contribution in [-0.4, -0.2) is 21.8 Å². The van der Waals surface area contributed by atoms with Crippen molar-refractivity contribution < 1.29 is 4.39 Å². The van der Waals surface area contributed by atoms with Crippen molar-refractivity contribution in [3.05, 3.63) is 78.0 Å². The first-order chi connectivity index (χ1) is 12.3. The van der Waals surface area contributed by atoms with Crippen molar-refractivity contribution in [3.8, 4) is 11.3 Å². The number of halogens is 1. The molecule has 0 saturated carbocycles. The Labute approximate surface area is 146 Å². The van der Waals surface area contributed by atoms with Crippen LogP contribution in [0.5, 0.6) is 0 Å². The standard InChI is InChI=1S/C21H20FN3/c22-19-9-3-16(4-10-19)11-13-25-15-23-14-21(25)18-7-5-17(6-8-18)20-2-1-12-24-20/h3-10,14-15H,1-2,11-13H2. The molecule has 1 aliphatic rings. The highest BCUT2D eigenvalue weighted by Gasteiger charge is 2.10. The van der Waals surface area contributed by atoms with E-state index in [9.17, 15) is 4.39 Å². The van der Waals surface area contributed by atoms with Crippen LogP contribution in [0.15, 0.2) is 66.0 Å². The van der Waals surface area contributed by atoms with Gasteiger partial charge in [-0.05, 0) is 48.1 Å². The molecular weight excluding hydrogens is 313 g/mol. The van der Waals surface area contributed by atoms with E-state index in [-0.39, 0.29) is 5.82 Å². The first-order valence-electron chi connectivity index (χ1n) is 8.68. The molecule has 0 amide bonds. The molecule has 126 valence electrons. The summed E-state index contributed by atoms with van der Waals surface area (Å²) in [5, 5.41) is 0. The molecule has 0 N–H and O–H groups in total. The second kappa shape index (κ2) is 7.01. The van der Waals surface area contributed by atoms with Crippen molar-refractivity contribution in [2.75, 3.05) is 6.54 Å². The molecule has 0 unspecified atom stereocenters. The maximum absolute atomic E-state index is 13.0. The van der Waals surface area contributed by atoms with E-state index in [0.717, 1.165) is 49.2 Å². The monoisotopic (exact) mass is 333 g/mol. The number of aliphatic imine (C=N–C) groups is 1. The maximum atomic E-state index is 13.0. The summed E-state index contributed by atoms with van der Waals surface area (Å²) in [6.45, 7) is 1.77. The van der Waals surface area contributed by atoms with E-state index in [1.807, 2.05) is 24.7 Å². The Kier molecular flexibility index (Phi) is 4.42. The fourth-order valence-corrected chi connectivity index (χ4v) is 3.25. The van der Waals surface area contributed by atoms with Gasteiger partial charge >= 0.3 is 0 Å². The van der Waals surface area contributed by atoms with E-state index in [4.69, 9.17) is 0 Å². The Morgan fingerprint density at radius 2 is 1.72 bits per heavy atom. The molecule has 2 heterocycles. The van der Waals surface area contributed by atoms with Crippen LogP contribution in [0.25, 0.3) is 11.3 Å². The molecule has 4 rings (SSSR count). The minimum Gasteiger partial charge on any atom is -0.330 e. The van der Waals surface area contributed by atoms with Gasteiger partial charge in [-0.1, -0.05) is 36.4 Å². The Morgan fingerprint density at radius 1 is 0.960 bits per heavy atom. The number of rotatable bonds is 5. The number of imidazole rings is 1. The number of nitrogens with zero attached hydrogens (tertiary/aromatic N) is 3. The fourth-order valence-electron chi connectivity index (χ4n) is 3.25. The highest BCUT2D eigenvalue weighted by atomic mass is 19.1. The maximum Gasteiger partial charge on any atom is 0.123 e. The molecule has 0 saturated heterocycles. The average Bonchev–Trinajstić information content (AvgIpc) is 3.33. The quantitative estimate of drug-likeness (QED) is 0.675. The normalized spacial score (nSPS) is 13.9. The van der Waals surface area contributed by atoms with Crippen LogP contribution in [0, 0.1) is 5.82 Å². The number of benzene rings is 2. The van der Waals surface area contributed by atoms with Crippen LogP contribution in [0.4, 0.5) is 4.39 Å². The molecule has 25 heavy (non-hydrogen) atoms. The van der Waals surface area contributed by atoms with Gasteiger partial charge in [-0.2, -0.15) is 0 Å². The van der Waals surface area contributed by atoms with Gasteiger partial charge in [0.25, 0.3) is 0 Å². The van der Waals surface area contributed by atoms with E-state index in [1.54, 1.807) is 0 Å². The SMILES string of the molecule is Fc1ccc(CCn2cncc2-c2ccc(C3=NCCC3)cc2)cc1. The summed E-state index contributed by atoms with van der Waals surface area (Å²) in [6.07, 6.45) is 6.83. The largest absolute Gasteiger partial charge is 0.330 e. The van der Waals surface area contributed by atoms with Crippen LogP contribution in [0.2, 0.25) is 0 Å². The predicted molar refractivity (Wildman–Crippen MR) is 98.4 cm³/mol. The van der Waals surface area contributed by atoms with Gasteiger partial charge in [-0.15, -0.1) is 0 Å². The molecule has 0 bridgehead atoms. The zero-order chi connectivity index (χ0) is 17.1. The summed E-state index contributed by atoms with van der Waals surface area (Å²) in [5.74, 6) is -0.195. The molecular formula is C21H20FN3. The van der Waals surface area contributed by atoms with Gasteiger partial charge in [-0.3, -0.25) is 4.99 Å². The second-order valence-corrected chi connectivity index (χ2v) is 6.36. The molecule has 0 spiro atoms. The third kappa shape index (κ3) is 3.53. The molecule has 1 aromatic heterocycles. The smallest absolute Gasteiger partial charge is 0.123 e. The van der Waals surface area contributed by atoms with Crippen molar-refractivity contribution in [3.63, 3.8) is 0 Å². The van der Waals surface area contributed by atoms with Crippen LogP contribution < -0.4 is 0 Å². The number of aryl methyl sites for hydroxylation is 2. The number of hydrogen-bond donors (Lipinski definition) is 0. The molecule has 3 aromatic rings. The van der Waals surface area contributed by atoms with Gasteiger partial charge in [-0.25, -0.2) is 9.37 Å². The summed E-state index contributed by atoms with van der Waals surface area (Å²) in [4.78, 5) is 8.86. The molecule has 1 aliphatic heterocycles. The second-order valence-electron chi connectivity index (χ2n) is 6.36. The van der Waals surface area contributed by atoms with Crippen molar-refractivity contribution >= 4 is 5.71 Å². The lowest BCUT2D eigenvalue weighted by Crippen LogP contribution is -2.02. The average molecular weight is 333 g/mol. The summed E-state index contributed by atoms with van der Waals surface area (Å²) >= 11 is 0. The summed E-state index contributed by atoms with van der Waals surface area (Å²) < 4.78 is 15.2. The minimum atomic E-state index is -0.195. The minimum absolute atomic E-state index is 0.195. The summed E-state index contributed by atoms with van der Waals surface area (Å²) in [5.41, 5.74) is 5.81. The van der Waals surface area contributed by atoms with Gasteiger partial charge < -0.3 is 4.57 Å². The van der Waals surface area contributed by atoms with E-state index < -0.39 is 0 Å². The van der Waals surface area contributed by atoms with E-state index >= 15 is 0 Å². The van der Waals surface area contributed by atoms with E-state index in [0.29, 0.717) is 0 Å². The number of aromatic nitrogens is 2. The Morgan fingerprint density at radius 3 is 2.44 bits per heavy atom. The molecule has 0 fully saturated rings. The molecule has 2 aromatic carbocycles. The summed E-state index contributed by atoms with van der Waals surface area (Å²) in [6, 6.07) is 15.3. The van der Waals surface area contributed by atoms with Gasteiger partial charge in [0.2, 0.25) is 0 Å². The molecule has 4 heteroatoms. The summed E-state index contributed by atoms with van der Waals surface area (Å²) in [7, 11) is 0. The lowest BCUT2D eigenvalue weighted by atomic mass is 10.0. The van der Waals surface area contributed by atoms with Crippen LogP contribution in [-0.2, 0) is 13.0 Å². The highest BCUT2D eigenvalue weighted by Crippen LogP contribution is 2.22. The Hall–Kier alpha value is -2.75. The van der Waals surface area contributed by atoms with Crippen LogP contribution in [0.1, 0.15) is 24.0 Å². The zero-order valence-corrected chi connectivity index (χ0v) is 14.0. The Balaban J connectivity index is 1.49. The van der Waals surface area contributed by atoms with Crippen LogP contribution >= 0.6 is 0 Å². The zero-order valence-electron chi connectivity index (χ0n) is 14.0. The Bertz CT molecular complexity index is 876. The fraction of sp³-hybridized carbons (Fsp3) is 0.238. The van der Waals surface area contributed by atoms with Crippen LogP contribution in [0.3, 0.4) is 0 Å². The van der Waals surface area contributed by atoms with Gasteiger partial charge in [0.1, 0.15) is 5.82 Å². The van der Waals surface area contributed by atoms with Crippen molar-refractivity contribution in [1.82, 2.24) is 9.55 Å². The van der Waals surface area contributed by atoms with Gasteiger partial charge in [0.05, 0.1) is 18.2 Å². The topological polar surface area (TPSA) is 30.2 Å². The van der Waals surface area contributed by atoms with E-state index in [2.05, 4.69) is 38.8 Å². The molecule has 0 aliphatic carbocycles. The molecule has 0 radical (unpaired) electrons. The predicted octanol–water partition coefficient (Wildman–Crippen LogP) is 4.51. The third-order valence-electron chi connectivity index (χ3n) is 4.66. The first kappa shape index (κ1) is 15.8. The van der Waals surface area contributed by atoms with Crippen molar-refractivity contribution in [1.29, 1.82) is 0 Å². The molecule has 3 nitrogen and oxygen atoms in total. The third-order valence-corrected chi connectivity index (χ3v) is 4.66. The van der Waals surface area contributed by atoms with Crippen molar-refractivity contribution in [2.45, 2.75) is 25.8 Å². The van der Waals surface area contributed by atoms with Gasteiger partial charge in [0.15, 0.2) is 0 Å². The number of hydrogen-bond acceptors (Lipinski definition) is 2. The lowest BCUT2D eigenvalue weighted by molar-refractivity contribution is 0.625. The highest BCUT2D eigenvalue weighted by molar-refractivity contribution is 6.01. The molecule has 0 atom stereocenters. The first-order valence-corrected chi connectivity index (χ1v) is 8.68. The van der Waals surface area contributed by atoms with Gasteiger partial charge in [0, 0.05) is 18.8 Å². The van der Waals surface area contributed by atoms with E-state index in [1.165, 1.54) is 23.4 Å². The lowest BCUT2D eigenvalue weighted by Gasteiger charge is -2.09.